The molecule has 21 heavy (non-hydrogen) atoms. The van der Waals surface area contributed by atoms with Gasteiger partial charge in [0.25, 0.3) is 5.91 Å². The number of piperidine rings is 1. The minimum atomic E-state index is -0.00935. The lowest BCUT2D eigenvalue weighted by Gasteiger charge is -2.36. The Hall–Kier alpha value is -1.56. The van der Waals surface area contributed by atoms with E-state index in [1.807, 2.05) is 25.8 Å². The third-order valence-electron chi connectivity index (χ3n) is 4.55. The predicted molar refractivity (Wildman–Crippen MR) is 84.3 cm³/mol. The highest BCUT2D eigenvalue weighted by molar-refractivity contribution is 5.98. The average molecular weight is 293 g/mol. The van der Waals surface area contributed by atoms with Crippen LogP contribution in [0.4, 0.5) is 5.69 Å². The van der Waals surface area contributed by atoms with Crippen molar-refractivity contribution in [2.24, 2.45) is 0 Å². The first-order valence-corrected chi connectivity index (χ1v) is 7.81. The van der Waals surface area contributed by atoms with Gasteiger partial charge in [-0.15, -0.1) is 0 Å². The van der Waals surface area contributed by atoms with Gasteiger partial charge in [-0.25, -0.2) is 0 Å². The summed E-state index contributed by atoms with van der Waals surface area (Å²) in [5.41, 5.74) is 7.83. The Kier molecular flexibility index (Phi) is 4.88. The smallest absolute Gasteiger partial charge is 0.274 e. The highest BCUT2D eigenvalue weighted by Gasteiger charge is 2.29. The maximum Gasteiger partial charge on any atom is 0.274 e. The summed E-state index contributed by atoms with van der Waals surface area (Å²) in [6.45, 7) is 9.85. The standard InChI is InChI=1S/C15H27N5O/c1-5-19-9-7-12(8-10-19)18(4)15(21)14-13(16)11(3)17-20(14)6-2/h12H,5-10,16H2,1-4H3. The van der Waals surface area contributed by atoms with Crippen LogP contribution in [0.25, 0.3) is 0 Å². The lowest BCUT2D eigenvalue weighted by molar-refractivity contribution is 0.0636. The number of hydrogen-bond donors (Lipinski definition) is 1. The Morgan fingerprint density at radius 2 is 1.95 bits per heavy atom. The van der Waals surface area contributed by atoms with Gasteiger partial charge < -0.3 is 15.5 Å². The van der Waals surface area contributed by atoms with E-state index in [4.69, 9.17) is 5.73 Å². The van der Waals surface area contributed by atoms with E-state index < -0.39 is 0 Å². The molecule has 0 saturated carbocycles. The molecular formula is C15H27N5O. The third kappa shape index (κ3) is 3.05. The second-order valence-corrected chi connectivity index (χ2v) is 5.74. The summed E-state index contributed by atoms with van der Waals surface area (Å²) in [6.07, 6.45) is 2.05. The van der Waals surface area contributed by atoms with Crippen LogP contribution < -0.4 is 5.73 Å². The minimum absolute atomic E-state index is 0.00935. The van der Waals surface area contributed by atoms with E-state index in [9.17, 15) is 4.79 Å². The van der Waals surface area contributed by atoms with E-state index in [0.29, 0.717) is 24.0 Å². The molecule has 0 bridgehead atoms. The Morgan fingerprint density at radius 3 is 2.48 bits per heavy atom. The number of aryl methyl sites for hydroxylation is 2. The number of hydrogen-bond acceptors (Lipinski definition) is 4. The van der Waals surface area contributed by atoms with Crippen molar-refractivity contribution in [3.63, 3.8) is 0 Å². The van der Waals surface area contributed by atoms with Crippen molar-refractivity contribution in [3.8, 4) is 0 Å². The lowest BCUT2D eigenvalue weighted by Crippen LogP contribution is -2.46. The van der Waals surface area contributed by atoms with Crippen LogP contribution >= 0.6 is 0 Å². The molecule has 0 atom stereocenters. The van der Waals surface area contributed by atoms with Crippen LogP contribution in [-0.2, 0) is 6.54 Å². The number of nitrogens with zero attached hydrogens (tertiary/aromatic N) is 4. The fraction of sp³-hybridized carbons (Fsp3) is 0.733. The van der Waals surface area contributed by atoms with E-state index in [2.05, 4.69) is 16.9 Å². The molecule has 1 saturated heterocycles. The van der Waals surface area contributed by atoms with Crippen LogP contribution in [0.2, 0.25) is 0 Å². The van der Waals surface area contributed by atoms with Gasteiger partial charge in [-0.1, -0.05) is 6.92 Å². The topological polar surface area (TPSA) is 67.4 Å². The number of rotatable bonds is 4. The molecule has 0 aliphatic carbocycles. The molecule has 1 aromatic rings. The van der Waals surface area contributed by atoms with Gasteiger partial charge in [0.1, 0.15) is 5.69 Å². The Bertz CT molecular complexity index is 502. The number of aromatic nitrogens is 2. The maximum absolute atomic E-state index is 12.8. The molecule has 1 amide bonds. The van der Waals surface area contributed by atoms with Gasteiger partial charge >= 0.3 is 0 Å². The maximum atomic E-state index is 12.8. The first-order valence-electron chi connectivity index (χ1n) is 7.81. The number of carbonyl (C=O) groups is 1. The summed E-state index contributed by atoms with van der Waals surface area (Å²) < 4.78 is 1.71. The van der Waals surface area contributed by atoms with Crippen LogP contribution in [0, 0.1) is 6.92 Å². The summed E-state index contributed by atoms with van der Waals surface area (Å²) in [4.78, 5) is 17.1. The average Bonchev–Trinajstić information content (AvgIpc) is 2.81. The van der Waals surface area contributed by atoms with Crippen LogP contribution in [0.15, 0.2) is 0 Å². The predicted octanol–water partition coefficient (Wildman–Crippen LogP) is 1.35. The molecule has 6 nitrogen and oxygen atoms in total. The highest BCUT2D eigenvalue weighted by atomic mass is 16.2. The molecule has 1 aliphatic heterocycles. The highest BCUT2D eigenvalue weighted by Crippen LogP contribution is 2.22. The fourth-order valence-electron chi connectivity index (χ4n) is 3.01. The number of nitrogen functional groups attached to an aromatic ring is 1. The summed E-state index contributed by atoms with van der Waals surface area (Å²) in [7, 11) is 1.89. The van der Waals surface area contributed by atoms with E-state index in [1.54, 1.807) is 4.68 Å². The van der Waals surface area contributed by atoms with Crippen molar-refractivity contribution < 1.29 is 4.79 Å². The molecule has 0 aromatic carbocycles. The van der Waals surface area contributed by atoms with Gasteiger partial charge in [-0.2, -0.15) is 5.10 Å². The van der Waals surface area contributed by atoms with Gasteiger partial charge in [0.05, 0.1) is 11.4 Å². The number of nitrogens with two attached hydrogens (primary N) is 1. The number of anilines is 1. The van der Waals surface area contributed by atoms with Gasteiger partial charge in [0.15, 0.2) is 0 Å². The second-order valence-electron chi connectivity index (χ2n) is 5.74. The molecule has 118 valence electrons. The van der Waals surface area contributed by atoms with E-state index in [1.165, 1.54) is 0 Å². The molecule has 2 rings (SSSR count). The number of amides is 1. The molecule has 2 heterocycles. The van der Waals surface area contributed by atoms with Crippen LogP contribution in [0.1, 0.15) is 42.9 Å². The first kappa shape index (κ1) is 15.8. The van der Waals surface area contributed by atoms with Crippen LogP contribution in [0.3, 0.4) is 0 Å². The van der Waals surface area contributed by atoms with Crippen LogP contribution in [0.5, 0.6) is 0 Å². The minimum Gasteiger partial charge on any atom is -0.395 e. The van der Waals surface area contributed by atoms with Crippen molar-refractivity contribution >= 4 is 11.6 Å². The summed E-state index contributed by atoms with van der Waals surface area (Å²) in [5, 5.41) is 4.34. The second kappa shape index (κ2) is 6.47. The molecule has 1 aliphatic rings. The molecular weight excluding hydrogens is 266 g/mol. The number of carbonyl (C=O) groups excluding carboxylic acids is 1. The zero-order valence-corrected chi connectivity index (χ0v) is 13.6. The normalized spacial score (nSPS) is 17.1. The molecule has 0 spiro atoms. The van der Waals surface area contributed by atoms with Crippen LogP contribution in [-0.4, -0.2) is 58.2 Å². The molecule has 2 N–H and O–H groups in total. The largest absolute Gasteiger partial charge is 0.395 e. The Labute approximate surface area is 126 Å². The van der Waals surface area contributed by atoms with Crippen molar-refractivity contribution in [2.45, 2.75) is 46.2 Å². The van der Waals surface area contributed by atoms with Crippen molar-refractivity contribution in [3.05, 3.63) is 11.4 Å². The van der Waals surface area contributed by atoms with Crippen molar-refractivity contribution in [2.75, 3.05) is 32.4 Å². The van der Waals surface area contributed by atoms with Crippen molar-refractivity contribution in [1.82, 2.24) is 19.6 Å². The quantitative estimate of drug-likeness (QED) is 0.910. The van der Waals surface area contributed by atoms with E-state index in [-0.39, 0.29) is 5.91 Å². The first-order chi connectivity index (χ1) is 9.99. The molecule has 6 heteroatoms. The number of likely N-dealkylation sites (tertiary alicyclic amines) is 1. The molecule has 1 fully saturated rings. The monoisotopic (exact) mass is 293 g/mol. The zero-order valence-electron chi connectivity index (χ0n) is 13.6. The Morgan fingerprint density at radius 1 is 1.33 bits per heavy atom. The molecule has 1 aromatic heterocycles. The van der Waals surface area contributed by atoms with Gasteiger partial charge in [-0.05, 0) is 33.2 Å². The summed E-state index contributed by atoms with van der Waals surface area (Å²) >= 11 is 0. The lowest BCUT2D eigenvalue weighted by atomic mass is 10.0. The van der Waals surface area contributed by atoms with Gasteiger partial charge in [0.2, 0.25) is 0 Å². The summed E-state index contributed by atoms with van der Waals surface area (Å²) in [5.74, 6) is -0.00935. The zero-order chi connectivity index (χ0) is 15.6. The van der Waals surface area contributed by atoms with E-state index >= 15 is 0 Å². The van der Waals surface area contributed by atoms with Gasteiger partial charge in [0, 0.05) is 32.7 Å². The fourth-order valence-corrected chi connectivity index (χ4v) is 3.01. The third-order valence-corrected chi connectivity index (χ3v) is 4.55. The molecule has 0 unspecified atom stereocenters. The van der Waals surface area contributed by atoms with Crippen molar-refractivity contribution in [1.29, 1.82) is 0 Å². The SMILES string of the molecule is CCN1CCC(N(C)C(=O)c2c(N)c(C)nn2CC)CC1. The molecule has 0 radical (unpaired) electrons. The van der Waals surface area contributed by atoms with Gasteiger partial charge in [-0.3, -0.25) is 9.48 Å². The van der Waals surface area contributed by atoms with E-state index in [0.717, 1.165) is 38.2 Å². The summed E-state index contributed by atoms with van der Waals surface area (Å²) in [6, 6.07) is 0.292. The Balaban J connectivity index is 2.13.